The third kappa shape index (κ3) is 3.35. The van der Waals surface area contributed by atoms with Crippen LogP contribution in [-0.4, -0.2) is 31.5 Å². The zero-order chi connectivity index (χ0) is 12.1. The Kier molecular flexibility index (Phi) is 4.23. The summed E-state index contributed by atoms with van der Waals surface area (Å²) in [6, 6.07) is 6.43. The summed E-state index contributed by atoms with van der Waals surface area (Å²) in [6.07, 6.45) is 2.18. The summed E-state index contributed by atoms with van der Waals surface area (Å²) in [5.74, 6) is -0.630. The minimum Gasteiger partial charge on any atom is -0.315 e. The lowest BCUT2D eigenvalue weighted by Gasteiger charge is -2.23. The second-order valence-corrected chi connectivity index (χ2v) is 4.33. The standard InChI is InChI=1S/C13H17FN2O/c14-12-6-2-1-5-11(12)13(17)9-16-10-4-3-7-15-8-10/h1-2,5-6,10,15-16H,3-4,7-9H2. The maximum Gasteiger partial charge on any atom is 0.179 e. The van der Waals surface area contributed by atoms with Gasteiger partial charge in [-0.3, -0.25) is 4.79 Å². The van der Waals surface area contributed by atoms with Crippen molar-refractivity contribution in [2.45, 2.75) is 18.9 Å². The minimum absolute atomic E-state index is 0.170. The van der Waals surface area contributed by atoms with Crippen molar-refractivity contribution in [3.63, 3.8) is 0 Å². The van der Waals surface area contributed by atoms with Gasteiger partial charge in [0.15, 0.2) is 5.78 Å². The van der Waals surface area contributed by atoms with Crippen molar-refractivity contribution in [3.8, 4) is 0 Å². The van der Waals surface area contributed by atoms with Crippen molar-refractivity contribution in [1.82, 2.24) is 10.6 Å². The second kappa shape index (κ2) is 5.89. The van der Waals surface area contributed by atoms with E-state index >= 15 is 0 Å². The summed E-state index contributed by atoms with van der Waals surface area (Å²) in [5, 5.41) is 6.43. The smallest absolute Gasteiger partial charge is 0.179 e. The molecule has 1 aliphatic rings. The average molecular weight is 236 g/mol. The number of carbonyl (C=O) groups is 1. The molecule has 1 aromatic rings. The fraction of sp³-hybridized carbons (Fsp3) is 0.462. The molecular weight excluding hydrogens is 219 g/mol. The van der Waals surface area contributed by atoms with E-state index in [-0.39, 0.29) is 17.9 Å². The van der Waals surface area contributed by atoms with E-state index in [4.69, 9.17) is 0 Å². The highest BCUT2D eigenvalue weighted by Crippen LogP contribution is 2.07. The van der Waals surface area contributed by atoms with Crippen LogP contribution in [0.15, 0.2) is 24.3 Å². The molecule has 0 aliphatic carbocycles. The Morgan fingerprint density at radius 1 is 1.47 bits per heavy atom. The molecule has 0 saturated carbocycles. The number of nitrogens with one attached hydrogen (secondary N) is 2. The van der Waals surface area contributed by atoms with Crippen molar-refractivity contribution in [2.75, 3.05) is 19.6 Å². The van der Waals surface area contributed by atoms with Crippen LogP contribution in [0.2, 0.25) is 0 Å². The number of hydrogen-bond donors (Lipinski definition) is 2. The summed E-state index contributed by atoms with van der Waals surface area (Å²) in [6.45, 7) is 2.12. The lowest BCUT2D eigenvalue weighted by molar-refractivity contribution is 0.0981. The van der Waals surface area contributed by atoms with E-state index in [9.17, 15) is 9.18 Å². The maximum absolute atomic E-state index is 13.3. The molecule has 3 nitrogen and oxygen atoms in total. The molecule has 2 N–H and O–H groups in total. The predicted octanol–water partition coefficient (Wildman–Crippen LogP) is 1.35. The summed E-state index contributed by atoms with van der Waals surface area (Å²) in [7, 11) is 0. The Hall–Kier alpha value is -1.26. The molecule has 2 rings (SSSR count). The van der Waals surface area contributed by atoms with Crippen LogP contribution in [0.4, 0.5) is 4.39 Å². The molecule has 0 amide bonds. The van der Waals surface area contributed by atoms with Crippen molar-refractivity contribution in [1.29, 1.82) is 0 Å². The number of rotatable bonds is 4. The zero-order valence-electron chi connectivity index (χ0n) is 9.71. The van der Waals surface area contributed by atoms with Crippen molar-refractivity contribution in [2.24, 2.45) is 0 Å². The summed E-state index contributed by atoms with van der Waals surface area (Å²) in [4.78, 5) is 11.8. The summed E-state index contributed by atoms with van der Waals surface area (Å²) in [5.41, 5.74) is 0.170. The molecule has 4 heteroatoms. The molecule has 17 heavy (non-hydrogen) atoms. The SMILES string of the molecule is O=C(CNC1CCCNC1)c1ccccc1F. The maximum atomic E-state index is 13.3. The second-order valence-electron chi connectivity index (χ2n) is 4.33. The van der Waals surface area contributed by atoms with Gasteiger partial charge in [0, 0.05) is 12.6 Å². The van der Waals surface area contributed by atoms with Gasteiger partial charge < -0.3 is 10.6 Å². The molecule has 0 spiro atoms. The van der Waals surface area contributed by atoms with E-state index in [1.54, 1.807) is 12.1 Å². The van der Waals surface area contributed by atoms with Gasteiger partial charge in [0.1, 0.15) is 5.82 Å². The van der Waals surface area contributed by atoms with Crippen LogP contribution in [0.25, 0.3) is 0 Å². The van der Waals surface area contributed by atoms with Crippen LogP contribution in [0.3, 0.4) is 0 Å². The number of ketones is 1. The van der Waals surface area contributed by atoms with Gasteiger partial charge in [-0.15, -0.1) is 0 Å². The molecule has 1 unspecified atom stereocenters. The van der Waals surface area contributed by atoms with Gasteiger partial charge in [-0.25, -0.2) is 4.39 Å². The molecule has 1 aliphatic heterocycles. The van der Waals surface area contributed by atoms with Gasteiger partial charge in [-0.05, 0) is 31.5 Å². The van der Waals surface area contributed by atoms with Gasteiger partial charge in [0.05, 0.1) is 12.1 Å². The Bertz CT molecular complexity index is 389. The molecule has 0 radical (unpaired) electrons. The minimum atomic E-state index is -0.443. The topological polar surface area (TPSA) is 41.1 Å². The van der Waals surface area contributed by atoms with Crippen molar-refractivity contribution in [3.05, 3.63) is 35.6 Å². The number of carbonyl (C=O) groups excluding carboxylic acids is 1. The fourth-order valence-corrected chi connectivity index (χ4v) is 2.05. The highest BCUT2D eigenvalue weighted by Gasteiger charge is 2.15. The van der Waals surface area contributed by atoms with Crippen LogP contribution in [0.5, 0.6) is 0 Å². The summed E-state index contributed by atoms with van der Waals surface area (Å²) >= 11 is 0. The fourth-order valence-electron chi connectivity index (χ4n) is 2.05. The normalized spacial score (nSPS) is 20.2. The van der Waals surface area contributed by atoms with Crippen molar-refractivity contribution >= 4 is 5.78 Å². The van der Waals surface area contributed by atoms with E-state index in [0.29, 0.717) is 6.04 Å². The first-order valence-electron chi connectivity index (χ1n) is 5.99. The first-order chi connectivity index (χ1) is 8.27. The molecule has 92 valence electrons. The predicted molar refractivity (Wildman–Crippen MR) is 64.6 cm³/mol. The van der Waals surface area contributed by atoms with Crippen LogP contribution in [0.1, 0.15) is 23.2 Å². The zero-order valence-corrected chi connectivity index (χ0v) is 9.71. The van der Waals surface area contributed by atoms with Crippen LogP contribution >= 0.6 is 0 Å². The Balaban J connectivity index is 1.87. The third-order valence-corrected chi connectivity index (χ3v) is 3.02. The first kappa shape index (κ1) is 12.2. The van der Waals surface area contributed by atoms with Crippen molar-refractivity contribution < 1.29 is 9.18 Å². The lowest BCUT2D eigenvalue weighted by atomic mass is 10.1. The van der Waals surface area contributed by atoms with E-state index in [1.165, 1.54) is 12.1 Å². The molecule has 0 aromatic heterocycles. The van der Waals surface area contributed by atoms with Gasteiger partial charge in [0.2, 0.25) is 0 Å². The Labute approximate surface area is 100 Å². The van der Waals surface area contributed by atoms with Crippen LogP contribution in [0, 0.1) is 5.82 Å². The van der Waals surface area contributed by atoms with Gasteiger partial charge in [0.25, 0.3) is 0 Å². The molecule has 1 atom stereocenters. The molecule has 0 bridgehead atoms. The van der Waals surface area contributed by atoms with E-state index < -0.39 is 5.82 Å². The van der Waals surface area contributed by atoms with Gasteiger partial charge >= 0.3 is 0 Å². The van der Waals surface area contributed by atoms with Gasteiger partial charge in [-0.1, -0.05) is 12.1 Å². The van der Waals surface area contributed by atoms with Crippen LogP contribution in [-0.2, 0) is 0 Å². The average Bonchev–Trinajstić information content (AvgIpc) is 2.38. The summed E-state index contributed by atoms with van der Waals surface area (Å²) < 4.78 is 13.3. The van der Waals surface area contributed by atoms with E-state index in [2.05, 4.69) is 10.6 Å². The van der Waals surface area contributed by atoms with E-state index in [1.807, 2.05) is 0 Å². The van der Waals surface area contributed by atoms with Crippen LogP contribution < -0.4 is 10.6 Å². The first-order valence-corrected chi connectivity index (χ1v) is 5.99. The third-order valence-electron chi connectivity index (χ3n) is 3.02. The highest BCUT2D eigenvalue weighted by atomic mass is 19.1. The molecule has 1 fully saturated rings. The number of piperidine rings is 1. The van der Waals surface area contributed by atoms with Gasteiger partial charge in [-0.2, -0.15) is 0 Å². The Morgan fingerprint density at radius 2 is 2.29 bits per heavy atom. The quantitative estimate of drug-likeness (QED) is 0.775. The lowest BCUT2D eigenvalue weighted by Crippen LogP contribution is -2.44. The van der Waals surface area contributed by atoms with E-state index in [0.717, 1.165) is 25.9 Å². The molecular formula is C13H17FN2O. The highest BCUT2D eigenvalue weighted by molar-refractivity contribution is 5.97. The largest absolute Gasteiger partial charge is 0.315 e. The molecule has 1 heterocycles. The molecule has 1 saturated heterocycles. The number of Topliss-reactive ketones (excluding diaryl/α,β-unsaturated/α-hetero) is 1. The Morgan fingerprint density at radius 3 is 3.00 bits per heavy atom. The monoisotopic (exact) mass is 236 g/mol. The number of benzene rings is 1. The number of halogens is 1. The number of hydrogen-bond acceptors (Lipinski definition) is 3. The molecule has 1 aromatic carbocycles.